The van der Waals surface area contributed by atoms with Crippen molar-refractivity contribution in [1.82, 2.24) is 0 Å². The number of anilines is 1. The van der Waals surface area contributed by atoms with Gasteiger partial charge in [0.15, 0.2) is 9.84 Å². The van der Waals surface area contributed by atoms with E-state index in [1.807, 2.05) is 13.0 Å². The first kappa shape index (κ1) is 18.1. The number of fused-ring (bicyclic) bond motifs is 1. The third-order valence-electron chi connectivity index (χ3n) is 3.78. The third kappa shape index (κ3) is 3.78. The van der Waals surface area contributed by atoms with E-state index in [1.165, 1.54) is 11.3 Å². The minimum absolute atomic E-state index is 0.000639. The van der Waals surface area contributed by atoms with Crippen LogP contribution in [0.25, 0.3) is 0 Å². The zero-order valence-electron chi connectivity index (χ0n) is 13.7. The molecule has 1 amide bonds. The van der Waals surface area contributed by atoms with Crippen LogP contribution in [0.1, 0.15) is 42.3 Å². The van der Waals surface area contributed by atoms with Crippen LogP contribution in [-0.4, -0.2) is 32.7 Å². The summed E-state index contributed by atoms with van der Waals surface area (Å²) in [5.41, 5.74) is 0.967. The summed E-state index contributed by atoms with van der Waals surface area (Å²) < 4.78 is 28.9. The molecule has 1 aliphatic heterocycles. The Morgan fingerprint density at radius 1 is 1.28 bits per heavy atom. The Hall–Kier alpha value is -1.71. The summed E-state index contributed by atoms with van der Waals surface area (Å²) in [7, 11) is -3.17. The lowest BCUT2D eigenvalue weighted by Gasteiger charge is -2.13. The SMILES string of the molecule is CCOC(=O)c1c(NC(=O)c2ccc(C)s2)sc2c1CCS(=O)(=O)C2. The summed E-state index contributed by atoms with van der Waals surface area (Å²) in [6.07, 6.45) is 0.260. The summed E-state index contributed by atoms with van der Waals surface area (Å²) in [5, 5.41) is 3.12. The summed E-state index contributed by atoms with van der Waals surface area (Å²) in [5.74, 6) is -0.948. The number of carbonyl (C=O) groups excluding carboxylic acids is 2. The predicted molar refractivity (Wildman–Crippen MR) is 98.5 cm³/mol. The van der Waals surface area contributed by atoms with Crippen LogP contribution in [0.3, 0.4) is 0 Å². The highest BCUT2D eigenvalue weighted by molar-refractivity contribution is 7.90. The van der Waals surface area contributed by atoms with E-state index in [0.29, 0.717) is 25.9 Å². The van der Waals surface area contributed by atoms with Gasteiger partial charge in [-0.1, -0.05) is 0 Å². The number of sulfone groups is 1. The molecule has 0 bridgehead atoms. The third-order valence-corrected chi connectivity index (χ3v) is 7.66. The van der Waals surface area contributed by atoms with E-state index in [0.717, 1.165) is 16.2 Å². The largest absolute Gasteiger partial charge is 0.462 e. The number of aryl methyl sites for hydroxylation is 1. The number of esters is 1. The van der Waals surface area contributed by atoms with Crippen molar-refractivity contribution in [2.75, 3.05) is 17.7 Å². The summed E-state index contributed by atoms with van der Waals surface area (Å²) in [6, 6.07) is 3.56. The molecule has 1 N–H and O–H groups in total. The normalized spacial score (nSPS) is 15.4. The van der Waals surface area contributed by atoms with E-state index in [4.69, 9.17) is 4.74 Å². The van der Waals surface area contributed by atoms with Gasteiger partial charge in [-0.25, -0.2) is 13.2 Å². The van der Waals surface area contributed by atoms with Gasteiger partial charge < -0.3 is 10.1 Å². The highest BCUT2D eigenvalue weighted by Crippen LogP contribution is 2.38. The van der Waals surface area contributed by atoms with Crippen LogP contribution < -0.4 is 5.32 Å². The molecule has 6 nitrogen and oxygen atoms in total. The van der Waals surface area contributed by atoms with Crippen molar-refractivity contribution in [3.8, 4) is 0 Å². The van der Waals surface area contributed by atoms with Crippen molar-refractivity contribution < 1.29 is 22.7 Å². The zero-order valence-corrected chi connectivity index (χ0v) is 16.2. The fraction of sp³-hybridized carbons (Fsp3) is 0.375. The fourth-order valence-electron chi connectivity index (χ4n) is 2.65. The number of hydrogen-bond donors (Lipinski definition) is 1. The number of carbonyl (C=O) groups is 2. The molecule has 3 rings (SSSR count). The number of thiophene rings is 2. The van der Waals surface area contributed by atoms with E-state index in [2.05, 4.69) is 5.32 Å². The molecule has 2 aromatic rings. The Balaban J connectivity index is 1.98. The molecule has 0 saturated carbocycles. The Morgan fingerprint density at radius 2 is 2.04 bits per heavy atom. The maximum atomic E-state index is 12.4. The van der Waals surface area contributed by atoms with Gasteiger partial charge in [0.25, 0.3) is 5.91 Å². The minimum Gasteiger partial charge on any atom is -0.462 e. The van der Waals surface area contributed by atoms with Crippen molar-refractivity contribution in [1.29, 1.82) is 0 Å². The molecule has 0 radical (unpaired) electrons. The molecule has 0 atom stereocenters. The second kappa shape index (κ2) is 6.89. The second-order valence-corrected chi connectivity index (χ2v) is 10.2. The monoisotopic (exact) mass is 399 g/mol. The maximum Gasteiger partial charge on any atom is 0.341 e. The van der Waals surface area contributed by atoms with Crippen LogP contribution in [-0.2, 0) is 26.7 Å². The van der Waals surface area contributed by atoms with Gasteiger partial charge in [-0.15, -0.1) is 22.7 Å². The van der Waals surface area contributed by atoms with Gasteiger partial charge in [-0.05, 0) is 38.0 Å². The maximum absolute atomic E-state index is 12.4. The molecule has 9 heteroatoms. The predicted octanol–water partition coefficient (Wildman–Crippen LogP) is 3.02. The Labute approximate surface area is 153 Å². The van der Waals surface area contributed by atoms with Crippen LogP contribution in [0, 0.1) is 6.92 Å². The number of rotatable bonds is 4. The molecule has 0 aromatic carbocycles. The average Bonchev–Trinajstić information content (AvgIpc) is 3.09. The molecule has 25 heavy (non-hydrogen) atoms. The lowest BCUT2D eigenvalue weighted by molar-refractivity contribution is 0.0527. The zero-order chi connectivity index (χ0) is 18.2. The summed E-state index contributed by atoms with van der Waals surface area (Å²) in [6.45, 7) is 3.81. The first-order valence-electron chi connectivity index (χ1n) is 7.70. The van der Waals surface area contributed by atoms with E-state index in [-0.39, 0.29) is 30.4 Å². The molecule has 0 unspecified atom stereocenters. The average molecular weight is 400 g/mol. The topological polar surface area (TPSA) is 89.5 Å². The van der Waals surface area contributed by atoms with E-state index < -0.39 is 15.8 Å². The smallest absolute Gasteiger partial charge is 0.341 e. The van der Waals surface area contributed by atoms with E-state index in [9.17, 15) is 18.0 Å². The van der Waals surface area contributed by atoms with Crippen LogP contribution in [0.5, 0.6) is 0 Å². The molecule has 3 heterocycles. The molecule has 2 aromatic heterocycles. The molecular weight excluding hydrogens is 382 g/mol. The van der Waals surface area contributed by atoms with Crippen LogP contribution in [0.4, 0.5) is 5.00 Å². The fourth-order valence-corrected chi connectivity index (χ4v) is 6.45. The number of hydrogen-bond acceptors (Lipinski definition) is 7. The number of amides is 1. The van der Waals surface area contributed by atoms with Gasteiger partial charge in [-0.2, -0.15) is 0 Å². The van der Waals surface area contributed by atoms with Crippen LogP contribution in [0.15, 0.2) is 12.1 Å². The van der Waals surface area contributed by atoms with Crippen molar-refractivity contribution in [2.45, 2.75) is 26.0 Å². The lowest BCUT2D eigenvalue weighted by atomic mass is 10.1. The first-order valence-corrected chi connectivity index (χ1v) is 11.2. The molecule has 134 valence electrons. The molecule has 0 aliphatic carbocycles. The van der Waals surface area contributed by atoms with E-state index >= 15 is 0 Å². The van der Waals surface area contributed by atoms with Gasteiger partial charge in [0.2, 0.25) is 0 Å². The van der Waals surface area contributed by atoms with Crippen LogP contribution >= 0.6 is 22.7 Å². The van der Waals surface area contributed by atoms with Crippen molar-refractivity contribution >= 4 is 49.4 Å². The standard InChI is InChI=1S/C16H17NO5S3/c1-3-22-16(19)13-10-6-7-25(20,21)8-12(10)24-15(13)17-14(18)11-5-4-9(2)23-11/h4-5H,3,6-8H2,1-2H3,(H,17,18). The van der Waals surface area contributed by atoms with Gasteiger partial charge in [0.1, 0.15) is 5.00 Å². The van der Waals surface area contributed by atoms with Gasteiger partial charge in [0, 0.05) is 9.75 Å². The van der Waals surface area contributed by atoms with Crippen LogP contribution in [0.2, 0.25) is 0 Å². The van der Waals surface area contributed by atoms with Crippen molar-refractivity contribution in [3.05, 3.63) is 37.9 Å². The molecular formula is C16H17NO5S3. The Bertz CT molecular complexity index is 939. The molecule has 0 saturated heterocycles. The first-order chi connectivity index (χ1) is 11.8. The lowest BCUT2D eigenvalue weighted by Crippen LogP contribution is -2.20. The molecule has 0 spiro atoms. The van der Waals surface area contributed by atoms with Crippen molar-refractivity contribution in [2.24, 2.45) is 0 Å². The second-order valence-electron chi connectivity index (χ2n) is 5.63. The van der Waals surface area contributed by atoms with Gasteiger partial charge >= 0.3 is 5.97 Å². The molecule has 1 aliphatic rings. The summed E-state index contributed by atoms with van der Waals surface area (Å²) in [4.78, 5) is 26.9. The highest BCUT2D eigenvalue weighted by atomic mass is 32.2. The Kier molecular flexibility index (Phi) is 4.99. The quantitative estimate of drug-likeness (QED) is 0.798. The summed E-state index contributed by atoms with van der Waals surface area (Å²) >= 11 is 2.50. The van der Waals surface area contributed by atoms with Crippen molar-refractivity contribution in [3.63, 3.8) is 0 Å². The minimum atomic E-state index is -3.17. The van der Waals surface area contributed by atoms with Gasteiger partial charge in [-0.3, -0.25) is 4.79 Å². The van der Waals surface area contributed by atoms with Gasteiger partial charge in [0.05, 0.1) is 28.6 Å². The number of ether oxygens (including phenoxy) is 1. The highest BCUT2D eigenvalue weighted by Gasteiger charge is 2.32. The molecule has 0 fully saturated rings. The number of nitrogens with one attached hydrogen (secondary N) is 1. The van der Waals surface area contributed by atoms with E-state index in [1.54, 1.807) is 13.0 Å². The Morgan fingerprint density at radius 3 is 2.68 bits per heavy atom.